The van der Waals surface area contributed by atoms with E-state index in [1.165, 1.54) is 0 Å². The minimum Gasteiger partial charge on any atom is -0.321 e. The van der Waals surface area contributed by atoms with Crippen molar-refractivity contribution in [3.8, 4) is 0 Å². The van der Waals surface area contributed by atoms with Crippen LogP contribution >= 0.6 is 11.3 Å². The number of nitrogens with zero attached hydrogens (tertiary/aromatic N) is 1. The van der Waals surface area contributed by atoms with E-state index < -0.39 is 15.8 Å². The van der Waals surface area contributed by atoms with Gasteiger partial charge in [0.15, 0.2) is 5.13 Å². The Hall–Kier alpha value is -2.78. The molecule has 3 aromatic rings. The van der Waals surface area contributed by atoms with Crippen molar-refractivity contribution in [3.05, 3.63) is 70.0 Å². The van der Waals surface area contributed by atoms with Crippen LogP contribution in [0.5, 0.6) is 0 Å². The van der Waals surface area contributed by atoms with Gasteiger partial charge in [0.1, 0.15) is 10.7 Å². The van der Waals surface area contributed by atoms with Crippen LogP contribution in [0.3, 0.4) is 0 Å². The summed E-state index contributed by atoms with van der Waals surface area (Å²) in [6.45, 7) is 5.44. The fraction of sp³-hybridized carbons (Fsp3) is 0.158. The third kappa shape index (κ3) is 4.37. The van der Waals surface area contributed by atoms with Crippen molar-refractivity contribution in [2.45, 2.75) is 25.7 Å². The molecular formula is C19H18FN3O3S2. The van der Waals surface area contributed by atoms with Crippen LogP contribution in [-0.2, 0) is 10.0 Å². The van der Waals surface area contributed by atoms with Gasteiger partial charge in [-0.05, 0) is 62.2 Å². The van der Waals surface area contributed by atoms with Crippen molar-refractivity contribution in [1.29, 1.82) is 0 Å². The number of sulfonamides is 1. The van der Waals surface area contributed by atoms with Gasteiger partial charge in [-0.1, -0.05) is 23.5 Å². The lowest BCUT2D eigenvalue weighted by molar-refractivity contribution is 0.102. The highest BCUT2D eigenvalue weighted by Gasteiger charge is 2.21. The normalized spacial score (nSPS) is 11.3. The maximum absolute atomic E-state index is 13.0. The number of carbonyl (C=O) groups excluding carboxylic acids is 1. The monoisotopic (exact) mass is 419 g/mol. The summed E-state index contributed by atoms with van der Waals surface area (Å²) >= 11 is 0.934. The summed E-state index contributed by atoms with van der Waals surface area (Å²) in [6.07, 6.45) is 0. The van der Waals surface area contributed by atoms with Gasteiger partial charge in [0.2, 0.25) is 0 Å². The van der Waals surface area contributed by atoms with Gasteiger partial charge in [-0.15, -0.1) is 0 Å². The Morgan fingerprint density at radius 3 is 2.43 bits per heavy atom. The number of thiazole rings is 1. The Labute approximate surface area is 166 Å². The molecule has 0 spiro atoms. The Morgan fingerprint density at radius 1 is 1.07 bits per heavy atom. The van der Waals surface area contributed by atoms with Gasteiger partial charge in [0, 0.05) is 5.69 Å². The lowest BCUT2D eigenvalue weighted by Gasteiger charge is -2.08. The van der Waals surface area contributed by atoms with Crippen LogP contribution in [0.4, 0.5) is 15.2 Å². The van der Waals surface area contributed by atoms with Gasteiger partial charge < -0.3 is 5.32 Å². The standard InChI is InChI=1S/C19H18FN3O3S2/c1-11-4-5-12(2)16(10-11)22-18(24)17-13(3)21-19(27-17)23-28(25,26)15-8-6-14(20)7-9-15/h4-10H,1-3H3,(H,21,23)(H,22,24). The van der Waals surface area contributed by atoms with E-state index in [1.54, 1.807) is 6.92 Å². The van der Waals surface area contributed by atoms with Crippen molar-refractivity contribution >= 4 is 38.1 Å². The number of hydrogen-bond donors (Lipinski definition) is 2. The zero-order valence-corrected chi connectivity index (χ0v) is 17.0. The summed E-state index contributed by atoms with van der Waals surface area (Å²) in [5.41, 5.74) is 3.02. The van der Waals surface area contributed by atoms with Gasteiger partial charge in [0.05, 0.1) is 10.6 Å². The number of amides is 1. The summed E-state index contributed by atoms with van der Waals surface area (Å²) in [5, 5.41) is 2.90. The number of aromatic nitrogens is 1. The quantitative estimate of drug-likeness (QED) is 0.647. The van der Waals surface area contributed by atoms with Crippen LogP contribution in [0.1, 0.15) is 26.5 Å². The first kappa shape index (κ1) is 20.0. The van der Waals surface area contributed by atoms with Gasteiger partial charge in [0.25, 0.3) is 15.9 Å². The molecule has 0 atom stereocenters. The Kier molecular flexibility index (Phi) is 5.48. The average Bonchev–Trinajstić information content (AvgIpc) is 2.98. The lowest BCUT2D eigenvalue weighted by atomic mass is 10.1. The smallest absolute Gasteiger partial charge is 0.267 e. The highest BCUT2D eigenvalue weighted by Crippen LogP contribution is 2.27. The maximum Gasteiger partial charge on any atom is 0.267 e. The van der Waals surface area contributed by atoms with Crippen molar-refractivity contribution < 1.29 is 17.6 Å². The van der Waals surface area contributed by atoms with Gasteiger partial charge >= 0.3 is 0 Å². The third-order valence-electron chi connectivity index (χ3n) is 3.99. The summed E-state index contributed by atoms with van der Waals surface area (Å²) in [6, 6.07) is 10.2. The van der Waals surface area contributed by atoms with Gasteiger partial charge in [-0.3, -0.25) is 9.52 Å². The van der Waals surface area contributed by atoms with Crippen LogP contribution < -0.4 is 10.0 Å². The molecule has 0 aliphatic heterocycles. The van der Waals surface area contributed by atoms with Crippen molar-refractivity contribution in [1.82, 2.24) is 4.98 Å². The van der Waals surface area contributed by atoms with Crippen LogP contribution in [0.15, 0.2) is 47.4 Å². The molecule has 0 unspecified atom stereocenters. The van der Waals surface area contributed by atoms with Crippen LogP contribution in [0.25, 0.3) is 0 Å². The third-order valence-corrected chi connectivity index (χ3v) is 6.55. The molecule has 0 saturated carbocycles. The number of anilines is 2. The number of halogens is 1. The number of aryl methyl sites for hydroxylation is 3. The fourth-order valence-corrected chi connectivity index (χ4v) is 4.58. The van der Waals surface area contributed by atoms with E-state index >= 15 is 0 Å². The minimum absolute atomic E-state index is 0.0629. The second-order valence-electron chi connectivity index (χ2n) is 6.27. The van der Waals surface area contributed by atoms with E-state index in [4.69, 9.17) is 0 Å². The molecular weight excluding hydrogens is 401 g/mol. The first-order valence-electron chi connectivity index (χ1n) is 8.30. The molecule has 2 aromatic carbocycles. The predicted octanol–water partition coefficient (Wildman–Crippen LogP) is 4.26. The molecule has 0 radical (unpaired) electrons. The molecule has 0 aliphatic carbocycles. The zero-order chi connectivity index (χ0) is 20.5. The Bertz CT molecular complexity index is 1140. The molecule has 1 aromatic heterocycles. The second-order valence-corrected chi connectivity index (χ2v) is 8.95. The molecule has 6 nitrogen and oxygen atoms in total. The van der Waals surface area contributed by atoms with Crippen molar-refractivity contribution in [2.24, 2.45) is 0 Å². The van der Waals surface area contributed by atoms with Crippen LogP contribution in [0, 0.1) is 26.6 Å². The zero-order valence-electron chi connectivity index (χ0n) is 15.4. The molecule has 0 bridgehead atoms. The van der Waals surface area contributed by atoms with E-state index in [0.29, 0.717) is 16.3 Å². The fourth-order valence-electron chi connectivity index (χ4n) is 2.49. The predicted molar refractivity (Wildman–Crippen MR) is 108 cm³/mol. The number of nitrogens with one attached hydrogen (secondary N) is 2. The lowest BCUT2D eigenvalue weighted by Crippen LogP contribution is -2.13. The van der Waals surface area contributed by atoms with E-state index in [0.717, 1.165) is 46.7 Å². The summed E-state index contributed by atoms with van der Waals surface area (Å²) in [7, 11) is -3.93. The molecule has 1 heterocycles. The largest absolute Gasteiger partial charge is 0.321 e. The summed E-state index contributed by atoms with van der Waals surface area (Å²) < 4.78 is 40.2. The van der Waals surface area contributed by atoms with E-state index in [1.807, 2.05) is 32.0 Å². The van der Waals surface area contributed by atoms with E-state index in [2.05, 4.69) is 15.0 Å². The molecule has 2 N–H and O–H groups in total. The Balaban J connectivity index is 1.81. The molecule has 0 saturated heterocycles. The Morgan fingerprint density at radius 2 is 1.75 bits per heavy atom. The number of rotatable bonds is 5. The van der Waals surface area contributed by atoms with Crippen LogP contribution in [0.2, 0.25) is 0 Å². The first-order valence-corrected chi connectivity index (χ1v) is 10.6. The minimum atomic E-state index is -3.93. The topological polar surface area (TPSA) is 88.2 Å². The average molecular weight is 420 g/mol. The summed E-state index contributed by atoms with van der Waals surface area (Å²) in [4.78, 5) is 17.0. The SMILES string of the molecule is Cc1ccc(C)c(NC(=O)c2sc(NS(=O)(=O)c3ccc(F)cc3)nc2C)c1. The molecule has 28 heavy (non-hydrogen) atoms. The molecule has 0 fully saturated rings. The highest BCUT2D eigenvalue weighted by molar-refractivity contribution is 7.93. The number of benzene rings is 2. The van der Waals surface area contributed by atoms with Crippen molar-refractivity contribution in [2.75, 3.05) is 10.0 Å². The highest BCUT2D eigenvalue weighted by atomic mass is 32.2. The van der Waals surface area contributed by atoms with Crippen LogP contribution in [-0.4, -0.2) is 19.3 Å². The van der Waals surface area contributed by atoms with Gasteiger partial charge in [-0.25, -0.2) is 17.8 Å². The summed E-state index contributed by atoms with van der Waals surface area (Å²) in [5.74, 6) is -0.898. The van der Waals surface area contributed by atoms with E-state index in [9.17, 15) is 17.6 Å². The molecule has 0 aliphatic rings. The molecule has 3 rings (SSSR count). The van der Waals surface area contributed by atoms with E-state index in [-0.39, 0.29) is 15.9 Å². The maximum atomic E-state index is 13.0. The first-order chi connectivity index (χ1) is 13.2. The second kappa shape index (κ2) is 7.69. The molecule has 146 valence electrons. The van der Waals surface area contributed by atoms with Crippen molar-refractivity contribution in [3.63, 3.8) is 0 Å². The number of carbonyl (C=O) groups is 1. The molecule has 1 amide bonds. The molecule has 9 heteroatoms. The number of hydrogen-bond acceptors (Lipinski definition) is 5. The van der Waals surface area contributed by atoms with Gasteiger partial charge in [-0.2, -0.15) is 0 Å².